The third-order valence-electron chi connectivity index (χ3n) is 4.92. The van der Waals surface area contributed by atoms with Gasteiger partial charge < -0.3 is 9.47 Å². The first-order valence-electron chi connectivity index (χ1n) is 8.24. The molecule has 0 heterocycles. The number of hydrogen-bond donors (Lipinski definition) is 0. The minimum Gasteiger partial charge on any atom is -0.496 e. The monoisotopic (exact) mass is 337 g/mol. The van der Waals surface area contributed by atoms with E-state index in [1.54, 1.807) is 32.4 Å². The smallest absolute Gasteiger partial charge is 0.187 e. The van der Waals surface area contributed by atoms with E-state index in [2.05, 4.69) is 0 Å². The predicted molar refractivity (Wildman–Crippen MR) is 92.4 cm³/mol. The number of ketones is 1. The molecule has 0 saturated heterocycles. The standard InChI is InChI=1S/C18H26O4P/c1-5-13(2)23(20)18(11-6-7-12-18)17(19)16-14(21-3)9-8-10-15(16)22-4/h8-10,13H,5-7,11-12H2,1-4H3. The van der Waals surface area contributed by atoms with Crippen LogP contribution in [-0.2, 0) is 4.57 Å². The van der Waals surface area contributed by atoms with Gasteiger partial charge >= 0.3 is 0 Å². The molecule has 0 aromatic heterocycles. The van der Waals surface area contributed by atoms with Crippen LogP contribution in [0, 0.1) is 0 Å². The SMILES string of the molecule is CCC(C)[P](=O)C1(C(=O)c2c(OC)cccc2OC)CCCC1. The Labute approximate surface area is 139 Å². The molecule has 0 amide bonds. The van der Waals surface area contributed by atoms with Gasteiger partial charge in [0, 0.05) is 5.66 Å². The second-order valence-electron chi connectivity index (χ2n) is 6.19. The van der Waals surface area contributed by atoms with Gasteiger partial charge in [-0.05, 0) is 31.4 Å². The fraction of sp³-hybridized carbons (Fsp3) is 0.611. The normalized spacial score (nSPS) is 18.3. The molecule has 5 heteroatoms. The van der Waals surface area contributed by atoms with E-state index in [9.17, 15) is 9.36 Å². The number of rotatable bonds is 7. The van der Waals surface area contributed by atoms with Crippen molar-refractivity contribution in [1.29, 1.82) is 0 Å². The quantitative estimate of drug-likeness (QED) is 0.528. The molecule has 0 bridgehead atoms. The van der Waals surface area contributed by atoms with Crippen LogP contribution in [0.3, 0.4) is 0 Å². The molecule has 1 saturated carbocycles. The van der Waals surface area contributed by atoms with Crippen molar-refractivity contribution in [3.63, 3.8) is 0 Å². The van der Waals surface area contributed by atoms with E-state index in [1.807, 2.05) is 13.8 Å². The Balaban J connectivity index is 2.54. The number of hydrogen-bond acceptors (Lipinski definition) is 4. The Bertz CT molecular complexity index is 568. The fourth-order valence-corrected chi connectivity index (χ4v) is 5.65. The molecular weight excluding hydrogens is 311 g/mol. The summed E-state index contributed by atoms with van der Waals surface area (Å²) in [6.45, 7) is 4.00. The predicted octanol–water partition coefficient (Wildman–Crippen LogP) is 4.83. The van der Waals surface area contributed by atoms with Crippen LogP contribution in [0.15, 0.2) is 18.2 Å². The van der Waals surface area contributed by atoms with Gasteiger partial charge in [-0.15, -0.1) is 0 Å². The van der Waals surface area contributed by atoms with E-state index in [0.717, 1.165) is 19.3 Å². The molecule has 2 atom stereocenters. The molecule has 0 N–H and O–H groups in total. The van der Waals surface area contributed by atoms with Gasteiger partial charge in [-0.3, -0.25) is 9.36 Å². The Hall–Kier alpha value is -1.41. The molecular formula is C18H26O4P. The van der Waals surface area contributed by atoms with Crippen LogP contribution in [0.1, 0.15) is 56.3 Å². The van der Waals surface area contributed by atoms with Crippen molar-refractivity contribution < 1.29 is 18.8 Å². The van der Waals surface area contributed by atoms with Crippen LogP contribution >= 0.6 is 7.80 Å². The lowest BCUT2D eigenvalue weighted by Crippen LogP contribution is -2.34. The van der Waals surface area contributed by atoms with Gasteiger partial charge in [0.15, 0.2) is 5.78 Å². The minimum atomic E-state index is -1.64. The van der Waals surface area contributed by atoms with Gasteiger partial charge in [0.05, 0.1) is 22.0 Å². The topological polar surface area (TPSA) is 52.6 Å². The summed E-state index contributed by atoms with van der Waals surface area (Å²) in [6, 6.07) is 5.31. The number of carbonyl (C=O) groups excluding carboxylic acids is 1. The van der Waals surface area contributed by atoms with Crippen molar-refractivity contribution in [3.8, 4) is 11.5 Å². The summed E-state index contributed by atoms with van der Waals surface area (Å²) in [6.07, 6.45) is 4.08. The van der Waals surface area contributed by atoms with Crippen molar-refractivity contribution in [2.45, 2.75) is 56.8 Å². The maximum Gasteiger partial charge on any atom is 0.187 e. The van der Waals surface area contributed by atoms with Gasteiger partial charge in [-0.2, -0.15) is 0 Å². The average Bonchev–Trinajstić information content (AvgIpc) is 3.09. The number of benzene rings is 1. The molecule has 23 heavy (non-hydrogen) atoms. The third-order valence-corrected chi connectivity index (χ3v) is 7.58. The highest BCUT2D eigenvalue weighted by atomic mass is 31.1. The van der Waals surface area contributed by atoms with Crippen LogP contribution in [0.2, 0.25) is 0 Å². The van der Waals surface area contributed by atoms with Crippen LogP contribution < -0.4 is 9.47 Å². The molecule has 4 nitrogen and oxygen atoms in total. The summed E-state index contributed by atoms with van der Waals surface area (Å²) in [7, 11) is 1.45. The second-order valence-corrected chi connectivity index (χ2v) is 8.58. The molecule has 2 unspecified atom stereocenters. The van der Waals surface area contributed by atoms with E-state index in [0.29, 0.717) is 29.9 Å². The molecule has 127 valence electrons. The number of methoxy groups -OCH3 is 2. The molecule has 1 aliphatic rings. The lowest BCUT2D eigenvalue weighted by molar-refractivity contribution is 0.0933. The Morgan fingerprint density at radius 1 is 1.22 bits per heavy atom. The minimum absolute atomic E-state index is 0.0350. The summed E-state index contributed by atoms with van der Waals surface area (Å²) in [5, 5.41) is -0.771. The summed E-state index contributed by atoms with van der Waals surface area (Å²) < 4.78 is 23.9. The van der Waals surface area contributed by atoms with Crippen molar-refractivity contribution in [2.75, 3.05) is 14.2 Å². The lowest BCUT2D eigenvalue weighted by atomic mass is 9.93. The van der Waals surface area contributed by atoms with Crippen molar-refractivity contribution in [1.82, 2.24) is 0 Å². The Morgan fingerprint density at radius 2 is 1.74 bits per heavy atom. The summed E-state index contributed by atoms with van der Waals surface area (Å²) in [5.41, 5.74) is 0.471. The van der Waals surface area contributed by atoms with Gasteiger partial charge in [-0.25, -0.2) is 0 Å². The van der Waals surface area contributed by atoms with Crippen molar-refractivity contribution in [2.24, 2.45) is 0 Å². The molecule has 1 fully saturated rings. The van der Waals surface area contributed by atoms with Crippen molar-refractivity contribution >= 4 is 13.6 Å². The van der Waals surface area contributed by atoms with Gasteiger partial charge in [0.2, 0.25) is 0 Å². The van der Waals surface area contributed by atoms with E-state index < -0.39 is 13.0 Å². The first kappa shape index (κ1) is 17.9. The Morgan fingerprint density at radius 3 is 2.17 bits per heavy atom. The average molecular weight is 337 g/mol. The fourth-order valence-electron chi connectivity index (χ4n) is 3.40. The molecule has 0 aliphatic heterocycles. The molecule has 2 rings (SSSR count). The largest absolute Gasteiger partial charge is 0.496 e. The summed E-state index contributed by atoms with van der Waals surface area (Å²) in [4.78, 5) is 13.4. The van der Waals surface area contributed by atoms with Crippen LogP contribution in [0.4, 0.5) is 0 Å². The lowest BCUT2D eigenvalue weighted by Gasteiger charge is -2.30. The van der Waals surface area contributed by atoms with E-state index in [-0.39, 0.29) is 11.4 Å². The second kappa shape index (κ2) is 7.44. The van der Waals surface area contributed by atoms with E-state index in [1.165, 1.54) is 0 Å². The first-order valence-corrected chi connectivity index (χ1v) is 9.57. The molecule has 1 aromatic carbocycles. The maximum atomic E-state index is 13.4. The first-order chi connectivity index (χ1) is 11.0. The highest BCUT2D eigenvalue weighted by Gasteiger charge is 2.49. The highest BCUT2D eigenvalue weighted by molar-refractivity contribution is 7.48. The molecule has 1 radical (unpaired) electrons. The zero-order chi connectivity index (χ0) is 17.0. The number of carbonyl (C=O) groups is 1. The van der Waals surface area contributed by atoms with Gasteiger partial charge in [0.1, 0.15) is 22.2 Å². The molecule has 0 spiro atoms. The molecule has 1 aliphatic carbocycles. The molecule has 1 aromatic rings. The number of Topliss-reactive ketones (excluding diaryl/α,β-unsaturated/α-hetero) is 1. The van der Waals surface area contributed by atoms with E-state index in [4.69, 9.17) is 9.47 Å². The van der Waals surface area contributed by atoms with Crippen molar-refractivity contribution in [3.05, 3.63) is 23.8 Å². The highest BCUT2D eigenvalue weighted by Crippen LogP contribution is 2.56. The van der Waals surface area contributed by atoms with Crippen LogP contribution in [0.5, 0.6) is 11.5 Å². The van der Waals surface area contributed by atoms with Gasteiger partial charge in [-0.1, -0.05) is 32.8 Å². The van der Waals surface area contributed by atoms with Crippen LogP contribution in [-0.4, -0.2) is 30.8 Å². The number of ether oxygens (including phenoxy) is 2. The maximum absolute atomic E-state index is 13.4. The van der Waals surface area contributed by atoms with E-state index >= 15 is 0 Å². The third kappa shape index (κ3) is 3.14. The van der Waals surface area contributed by atoms with Crippen LogP contribution in [0.25, 0.3) is 0 Å². The summed E-state index contributed by atoms with van der Waals surface area (Å²) >= 11 is 0. The van der Waals surface area contributed by atoms with Gasteiger partial charge in [0.25, 0.3) is 0 Å². The Kier molecular flexibility index (Phi) is 5.80. The summed E-state index contributed by atoms with van der Waals surface area (Å²) in [5.74, 6) is 0.909. The zero-order valence-electron chi connectivity index (χ0n) is 14.4. The zero-order valence-corrected chi connectivity index (χ0v) is 15.3.